The Morgan fingerprint density at radius 2 is 2.09 bits per heavy atom. The second-order valence-corrected chi connectivity index (χ2v) is 5.97. The Morgan fingerprint density at radius 1 is 1.35 bits per heavy atom. The number of hydrogen-bond acceptors (Lipinski definition) is 5. The van der Waals surface area contributed by atoms with Gasteiger partial charge in [0.1, 0.15) is 11.5 Å². The molecule has 5 heteroatoms. The molecule has 5 nitrogen and oxygen atoms in total. The van der Waals surface area contributed by atoms with Crippen LogP contribution in [-0.4, -0.2) is 56.3 Å². The summed E-state index contributed by atoms with van der Waals surface area (Å²) in [6.45, 7) is 1.41. The maximum absolute atomic E-state index is 12.4. The van der Waals surface area contributed by atoms with Crippen LogP contribution in [0.4, 0.5) is 0 Å². The molecule has 1 aliphatic rings. The fourth-order valence-electron chi connectivity index (χ4n) is 2.69. The quantitative estimate of drug-likeness (QED) is 0.820. The zero-order valence-corrected chi connectivity index (χ0v) is 14.0. The van der Waals surface area contributed by atoms with Crippen LogP contribution in [0.2, 0.25) is 0 Å². The minimum absolute atomic E-state index is 0.0578. The highest BCUT2D eigenvalue weighted by atomic mass is 16.5. The number of nitrogens with zero attached hydrogens (tertiary/aromatic N) is 2. The summed E-state index contributed by atoms with van der Waals surface area (Å²) in [5, 5.41) is 10.3. The van der Waals surface area contributed by atoms with E-state index in [9.17, 15) is 9.90 Å². The first-order valence-electron chi connectivity index (χ1n) is 7.75. The molecule has 1 N–H and O–H groups in total. The second-order valence-electron chi connectivity index (χ2n) is 5.97. The fraction of sp³-hybridized carbons (Fsp3) is 0.444. The number of Topliss-reactive ketones (excluding diaryl/α,β-unsaturated/α-hetero) is 1. The molecule has 1 atom stereocenters. The van der Waals surface area contributed by atoms with Gasteiger partial charge in [-0.3, -0.25) is 9.79 Å². The van der Waals surface area contributed by atoms with Gasteiger partial charge in [-0.2, -0.15) is 0 Å². The molecule has 2 rings (SSSR count). The van der Waals surface area contributed by atoms with Gasteiger partial charge in [0.25, 0.3) is 0 Å². The molecule has 0 heterocycles. The van der Waals surface area contributed by atoms with Gasteiger partial charge in [0.2, 0.25) is 0 Å². The van der Waals surface area contributed by atoms with Crippen LogP contribution in [0.1, 0.15) is 24.3 Å². The molecule has 0 fully saturated rings. The number of benzene rings is 1. The summed E-state index contributed by atoms with van der Waals surface area (Å²) in [5.41, 5.74) is 1.30. The van der Waals surface area contributed by atoms with Crippen molar-refractivity contribution in [3.05, 3.63) is 41.2 Å². The van der Waals surface area contributed by atoms with E-state index in [4.69, 9.17) is 4.74 Å². The highest BCUT2D eigenvalue weighted by Gasteiger charge is 2.29. The van der Waals surface area contributed by atoms with Crippen LogP contribution < -0.4 is 4.74 Å². The summed E-state index contributed by atoms with van der Waals surface area (Å²) in [6, 6.07) is 7.63. The molecule has 1 aromatic rings. The summed E-state index contributed by atoms with van der Waals surface area (Å²) >= 11 is 0. The molecule has 1 aromatic carbocycles. The van der Waals surface area contributed by atoms with E-state index >= 15 is 0 Å². The van der Waals surface area contributed by atoms with Gasteiger partial charge in [-0.1, -0.05) is 18.2 Å². The molecule has 0 bridgehead atoms. The Morgan fingerprint density at radius 3 is 2.74 bits per heavy atom. The molecule has 0 amide bonds. The molecular weight excluding hydrogens is 292 g/mol. The van der Waals surface area contributed by atoms with Crippen LogP contribution in [0.15, 0.2) is 40.6 Å². The van der Waals surface area contributed by atoms with Crippen molar-refractivity contribution in [3.8, 4) is 5.75 Å². The average Bonchev–Trinajstić information content (AvgIpc) is 2.53. The fourth-order valence-corrected chi connectivity index (χ4v) is 2.69. The lowest BCUT2D eigenvalue weighted by atomic mass is 9.82. The van der Waals surface area contributed by atoms with Gasteiger partial charge in [-0.05, 0) is 25.7 Å². The molecule has 0 saturated carbocycles. The molecule has 1 aliphatic carbocycles. The Hall–Kier alpha value is -2.14. The lowest BCUT2D eigenvalue weighted by Gasteiger charge is -2.23. The average molecular weight is 316 g/mol. The van der Waals surface area contributed by atoms with Gasteiger partial charge in [0.05, 0.1) is 19.2 Å². The number of carbonyl (C=O) groups excluding carboxylic acids is 1. The third-order valence-corrected chi connectivity index (χ3v) is 3.96. The normalized spacial score (nSPS) is 19.0. The Bertz CT molecular complexity index is 620. The number of aliphatic hydroxyl groups is 1. The van der Waals surface area contributed by atoms with E-state index < -0.39 is 0 Å². The van der Waals surface area contributed by atoms with Gasteiger partial charge in [0.15, 0.2) is 5.78 Å². The maximum Gasteiger partial charge on any atom is 0.168 e. The van der Waals surface area contributed by atoms with Crippen LogP contribution in [0, 0.1) is 0 Å². The van der Waals surface area contributed by atoms with E-state index in [1.807, 2.05) is 43.3 Å². The SMILES string of the molecule is COc1ccccc1C1CC(=O)C(C=NCCN(C)C)=C(O)C1. The zero-order chi connectivity index (χ0) is 16.8. The molecule has 0 spiro atoms. The molecule has 0 aliphatic heterocycles. The van der Waals surface area contributed by atoms with E-state index in [0.717, 1.165) is 17.9 Å². The van der Waals surface area contributed by atoms with Crippen molar-refractivity contribution in [2.24, 2.45) is 4.99 Å². The lowest BCUT2D eigenvalue weighted by molar-refractivity contribution is -0.116. The zero-order valence-electron chi connectivity index (χ0n) is 14.0. The number of allylic oxidation sites excluding steroid dienone is 2. The molecule has 0 saturated heterocycles. The van der Waals surface area contributed by atoms with Gasteiger partial charge >= 0.3 is 0 Å². The standard InChI is InChI=1S/C18H24N2O3/c1-20(2)9-8-19-12-15-16(21)10-13(11-17(15)22)14-6-4-5-7-18(14)23-3/h4-7,12-13,21H,8-11H2,1-3H3. The molecule has 0 aromatic heterocycles. The Kier molecular flexibility index (Phi) is 5.93. The molecule has 0 radical (unpaired) electrons. The number of likely N-dealkylation sites (N-methyl/N-ethyl adjacent to an activating group) is 1. The summed E-state index contributed by atoms with van der Waals surface area (Å²) < 4.78 is 5.36. The van der Waals surface area contributed by atoms with Crippen LogP contribution in [0.25, 0.3) is 0 Å². The first-order valence-corrected chi connectivity index (χ1v) is 7.75. The first-order chi connectivity index (χ1) is 11.0. The second kappa shape index (κ2) is 7.92. The van der Waals surface area contributed by atoms with Crippen LogP contribution in [0.5, 0.6) is 5.75 Å². The van der Waals surface area contributed by atoms with E-state index in [2.05, 4.69) is 4.99 Å². The van der Waals surface area contributed by atoms with E-state index in [-0.39, 0.29) is 17.5 Å². The predicted octanol–water partition coefficient (Wildman–Crippen LogP) is 2.59. The topological polar surface area (TPSA) is 62.1 Å². The van der Waals surface area contributed by atoms with Crippen LogP contribution in [0.3, 0.4) is 0 Å². The highest BCUT2D eigenvalue weighted by Crippen LogP contribution is 2.37. The molecule has 1 unspecified atom stereocenters. The van der Waals surface area contributed by atoms with Gasteiger partial charge in [-0.25, -0.2) is 0 Å². The number of ether oxygens (including phenoxy) is 1. The first kappa shape index (κ1) is 17.2. The maximum atomic E-state index is 12.4. The van der Waals surface area contributed by atoms with E-state index in [0.29, 0.717) is 25.0 Å². The third-order valence-electron chi connectivity index (χ3n) is 3.96. The van der Waals surface area contributed by atoms with Crippen molar-refractivity contribution in [3.63, 3.8) is 0 Å². The number of hydrogen-bond donors (Lipinski definition) is 1. The number of para-hydroxylation sites is 1. The Balaban J connectivity index is 2.13. The monoisotopic (exact) mass is 316 g/mol. The van der Waals surface area contributed by atoms with Crippen LogP contribution in [-0.2, 0) is 4.79 Å². The molecular formula is C18H24N2O3. The predicted molar refractivity (Wildman–Crippen MR) is 91.5 cm³/mol. The van der Waals surface area contributed by atoms with Crippen molar-refractivity contribution in [2.45, 2.75) is 18.8 Å². The summed E-state index contributed by atoms with van der Waals surface area (Å²) in [7, 11) is 5.55. The number of aliphatic hydroxyl groups excluding tert-OH is 1. The summed E-state index contributed by atoms with van der Waals surface area (Å²) in [6.07, 6.45) is 2.31. The van der Waals surface area contributed by atoms with Gasteiger partial charge in [0, 0.05) is 31.5 Å². The lowest BCUT2D eigenvalue weighted by Crippen LogP contribution is -2.20. The van der Waals surface area contributed by atoms with E-state index in [1.165, 1.54) is 6.21 Å². The van der Waals surface area contributed by atoms with Crippen LogP contribution >= 0.6 is 0 Å². The van der Waals surface area contributed by atoms with Crippen molar-refractivity contribution < 1.29 is 14.6 Å². The van der Waals surface area contributed by atoms with Gasteiger partial charge < -0.3 is 14.7 Å². The number of methoxy groups -OCH3 is 1. The van der Waals surface area contributed by atoms with E-state index in [1.54, 1.807) is 7.11 Å². The van der Waals surface area contributed by atoms with Crippen molar-refractivity contribution in [1.82, 2.24) is 4.90 Å². The van der Waals surface area contributed by atoms with Crippen molar-refractivity contribution >= 4 is 12.0 Å². The molecule has 23 heavy (non-hydrogen) atoms. The minimum Gasteiger partial charge on any atom is -0.511 e. The smallest absolute Gasteiger partial charge is 0.168 e. The minimum atomic E-state index is -0.0711. The number of rotatable bonds is 6. The summed E-state index contributed by atoms with van der Waals surface area (Å²) in [4.78, 5) is 18.6. The van der Waals surface area contributed by atoms with Gasteiger partial charge in [-0.15, -0.1) is 0 Å². The largest absolute Gasteiger partial charge is 0.511 e. The third kappa shape index (κ3) is 4.42. The Labute approximate surface area is 137 Å². The number of carbonyl (C=O) groups is 1. The van der Waals surface area contributed by atoms with Crippen molar-refractivity contribution in [1.29, 1.82) is 0 Å². The summed E-state index contributed by atoms with van der Waals surface area (Å²) in [5.74, 6) is 0.739. The highest BCUT2D eigenvalue weighted by molar-refractivity contribution is 6.14. The molecule has 124 valence electrons. The van der Waals surface area contributed by atoms with Crippen molar-refractivity contribution in [2.75, 3.05) is 34.3 Å². The number of ketones is 1. The number of aliphatic imine (C=N–C) groups is 1.